The highest BCUT2D eigenvalue weighted by atomic mass is 16.5. The maximum absolute atomic E-state index is 12.4. The Hall–Kier alpha value is -1.92. The first-order valence-corrected chi connectivity index (χ1v) is 8.16. The van der Waals surface area contributed by atoms with Gasteiger partial charge in [0.05, 0.1) is 12.6 Å². The Labute approximate surface area is 136 Å². The van der Waals surface area contributed by atoms with E-state index >= 15 is 0 Å². The Morgan fingerprint density at radius 1 is 1.30 bits per heavy atom. The lowest BCUT2D eigenvalue weighted by Gasteiger charge is -2.27. The molecule has 124 valence electrons. The Kier molecular flexibility index (Phi) is 4.93. The molecule has 6 heteroatoms. The van der Waals surface area contributed by atoms with Crippen LogP contribution in [-0.4, -0.2) is 44.2 Å². The Balaban J connectivity index is 1.52. The molecule has 0 aliphatic carbocycles. The molecular weight excluding hydrogens is 294 g/mol. The molecule has 1 saturated heterocycles. The van der Waals surface area contributed by atoms with Gasteiger partial charge in [0, 0.05) is 25.4 Å². The molecule has 6 nitrogen and oxygen atoms in total. The Morgan fingerprint density at radius 2 is 2.04 bits per heavy atom. The number of nitrogens with two attached hydrogens (primary N) is 1. The second-order valence-electron chi connectivity index (χ2n) is 6.12. The van der Waals surface area contributed by atoms with Crippen LogP contribution in [0.5, 0.6) is 0 Å². The van der Waals surface area contributed by atoms with Gasteiger partial charge in [-0.2, -0.15) is 0 Å². The van der Waals surface area contributed by atoms with Crippen LogP contribution in [0.15, 0.2) is 24.3 Å². The topological polar surface area (TPSA) is 84.7 Å². The molecule has 1 atom stereocenters. The number of fused-ring (bicyclic) bond motifs is 1. The van der Waals surface area contributed by atoms with Crippen LogP contribution in [0.3, 0.4) is 0 Å². The number of rotatable bonds is 4. The molecule has 3 N–H and O–H groups in total. The van der Waals surface area contributed by atoms with E-state index in [1.54, 1.807) is 4.90 Å². The first-order chi connectivity index (χ1) is 11.2. The summed E-state index contributed by atoms with van der Waals surface area (Å²) >= 11 is 0. The molecule has 2 heterocycles. The van der Waals surface area contributed by atoms with Crippen molar-refractivity contribution in [2.24, 2.45) is 11.7 Å². The summed E-state index contributed by atoms with van der Waals surface area (Å²) in [7, 11) is 0. The second-order valence-corrected chi connectivity index (χ2v) is 6.12. The number of para-hydroxylation sites is 1. The number of hydrogen-bond donors (Lipinski definition) is 2. The molecule has 2 aliphatic heterocycles. The monoisotopic (exact) mass is 317 g/mol. The first-order valence-electron chi connectivity index (χ1n) is 8.16. The quantitative estimate of drug-likeness (QED) is 0.844. The number of amides is 2. The third-order valence-corrected chi connectivity index (χ3v) is 4.68. The largest absolute Gasteiger partial charge is 0.381 e. The second kappa shape index (κ2) is 7.10. The van der Waals surface area contributed by atoms with Gasteiger partial charge in [-0.3, -0.25) is 9.59 Å². The van der Waals surface area contributed by atoms with E-state index in [1.807, 2.05) is 24.3 Å². The molecule has 1 unspecified atom stereocenters. The summed E-state index contributed by atoms with van der Waals surface area (Å²) < 4.78 is 5.28. The normalized spacial score (nSPS) is 19.3. The van der Waals surface area contributed by atoms with Gasteiger partial charge in [-0.15, -0.1) is 0 Å². The third-order valence-electron chi connectivity index (χ3n) is 4.68. The first kappa shape index (κ1) is 16.0. The van der Waals surface area contributed by atoms with Gasteiger partial charge in [-0.25, -0.2) is 0 Å². The van der Waals surface area contributed by atoms with E-state index in [-0.39, 0.29) is 24.3 Å². The van der Waals surface area contributed by atoms with Crippen molar-refractivity contribution in [3.63, 3.8) is 0 Å². The van der Waals surface area contributed by atoms with Gasteiger partial charge >= 0.3 is 0 Å². The zero-order valence-electron chi connectivity index (χ0n) is 13.2. The molecule has 0 aromatic heterocycles. The van der Waals surface area contributed by atoms with E-state index in [1.165, 1.54) is 5.56 Å². The fourth-order valence-corrected chi connectivity index (χ4v) is 3.26. The molecule has 0 radical (unpaired) electrons. The third kappa shape index (κ3) is 3.54. The van der Waals surface area contributed by atoms with E-state index in [2.05, 4.69) is 5.32 Å². The zero-order chi connectivity index (χ0) is 16.2. The molecule has 2 aliphatic rings. The fraction of sp³-hybridized carbons (Fsp3) is 0.529. The molecule has 0 bridgehead atoms. The van der Waals surface area contributed by atoms with Crippen molar-refractivity contribution < 1.29 is 14.3 Å². The fourth-order valence-electron chi connectivity index (χ4n) is 3.26. The molecule has 1 fully saturated rings. The van der Waals surface area contributed by atoms with Gasteiger partial charge < -0.3 is 20.7 Å². The number of carbonyl (C=O) groups is 2. The maximum atomic E-state index is 12.4. The molecule has 1 aromatic carbocycles. The number of hydrogen-bond acceptors (Lipinski definition) is 4. The summed E-state index contributed by atoms with van der Waals surface area (Å²) in [6.07, 6.45) is 2.45. The Bertz CT molecular complexity index is 584. The van der Waals surface area contributed by atoms with Gasteiger partial charge in [-0.05, 0) is 36.8 Å². The highest BCUT2D eigenvalue weighted by Crippen LogP contribution is 2.27. The summed E-state index contributed by atoms with van der Waals surface area (Å²) in [5.74, 6) is -0.216. The van der Waals surface area contributed by atoms with Gasteiger partial charge in [0.1, 0.15) is 0 Å². The van der Waals surface area contributed by atoms with E-state index in [0.29, 0.717) is 19.8 Å². The summed E-state index contributed by atoms with van der Waals surface area (Å²) in [5.41, 5.74) is 8.13. The average molecular weight is 317 g/mol. The number of nitrogens with zero attached hydrogens (tertiary/aromatic N) is 1. The van der Waals surface area contributed by atoms with Crippen LogP contribution < -0.4 is 16.0 Å². The standard InChI is InChI=1S/C17H23N3O3/c18-16(13-6-9-23-10-7-13)17(22)19-11-15(21)20-8-5-12-3-1-2-4-14(12)20/h1-4,13,16H,5-11,18H2,(H,19,22). The van der Waals surface area contributed by atoms with E-state index in [9.17, 15) is 9.59 Å². The van der Waals surface area contributed by atoms with Gasteiger partial charge in [0.15, 0.2) is 0 Å². The van der Waals surface area contributed by atoms with Crippen molar-refractivity contribution in [2.75, 3.05) is 31.2 Å². The lowest BCUT2D eigenvalue weighted by molar-refractivity contribution is -0.127. The van der Waals surface area contributed by atoms with Crippen LogP contribution in [0.2, 0.25) is 0 Å². The number of carbonyl (C=O) groups excluding carboxylic acids is 2. The van der Waals surface area contributed by atoms with Crippen LogP contribution in [0.1, 0.15) is 18.4 Å². The summed E-state index contributed by atoms with van der Waals surface area (Å²) in [5, 5.41) is 2.69. The molecule has 0 saturated carbocycles. The number of anilines is 1. The van der Waals surface area contributed by atoms with Gasteiger partial charge in [0.2, 0.25) is 11.8 Å². The van der Waals surface area contributed by atoms with Crippen LogP contribution in [-0.2, 0) is 20.7 Å². The highest BCUT2D eigenvalue weighted by molar-refractivity contribution is 5.98. The zero-order valence-corrected chi connectivity index (χ0v) is 13.2. The van der Waals surface area contributed by atoms with Crippen molar-refractivity contribution in [1.29, 1.82) is 0 Å². The minimum atomic E-state index is -0.572. The summed E-state index contributed by atoms with van der Waals surface area (Å²) in [6, 6.07) is 7.29. The number of nitrogens with one attached hydrogen (secondary N) is 1. The van der Waals surface area contributed by atoms with Crippen LogP contribution >= 0.6 is 0 Å². The van der Waals surface area contributed by atoms with Crippen molar-refractivity contribution in [3.05, 3.63) is 29.8 Å². The lowest BCUT2D eigenvalue weighted by atomic mass is 9.92. The number of benzene rings is 1. The van der Waals surface area contributed by atoms with E-state index in [0.717, 1.165) is 24.9 Å². The van der Waals surface area contributed by atoms with Gasteiger partial charge in [0.25, 0.3) is 0 Å². The Morgan fingerprint density at radius 3 is 2.83 bits per heavy atom. The van der Waals surface area contributed by atoms with Crippen LogP contribution in [0.4, 0.5) is 5.69 Å². The average Bonchev–Trinajstić information content (AvgIpc) is 3.03. The van der Waals surface area contributed by atoms with E-state index in [4.69, 9.17) is 10.5 Å². The van der Waals surface area contributed by atoms with Crippen molar-refractivity contribution in [2.45, 2.75) is 25.3 Å². The SMILES string of the molecule is NC(C(=O)NCC(=O)N1CCc2ccccc21)C1CCOCC1. The molecule has 3 rings (SSSR count). The summed E-state index contributed by atoms with van der Waals surface area (Å²) in [6.45, 7) is 1.95. The van der Waals surface area contributed by atoms with Gasteiger partial charge in [-0.1, -0.05) is 18.2 Å². The molecule has 1 aromatic rings. The molecule has 23 heavy (non-hydrogen) atoms. The minimum absolute atomic E-state index is 0.00983. The molecular formula is C17H23N3O3. The minimum Gasteiger partial charge on any atom is -0.381 e. The maximum Gasteiger partial charge on any atom is 0.246 e. The van der Waals surface area contributed by atoms with E-state index < -0.39 is 6.04 Å². The highest BCUT2D eigenvalue weighted by Gasteiger charge is 2.28. The van der Waals surface area contributed by atoms with Crippen molar-refractivity contribution >= 4 is 17.5 Å². The van der Waals surface area contributed by atoms with Crippen LogP contribution in [0, 0.1) is 5.92 Å². The van der Waals surface area contributed by atoms with Crippen molar-refractivity contribution in [3.8, 4) is 0 Å². The summed E-state index contributed by atoms with van der Waals surface area (Å²) in [4.78, 5) is 26.3. The van der Waals surface area contributed by atoms with Crippen LogP contribution in [0.25, 0.3) is 0 Å². The van der Waals surface area contributed by atoms with Crippen molar-refractivity contribution in [1.82, 2.24) is 5.32 Å². The molecule has 0 spiro atoms. The smallest absolute Gasteiger partial charge is 0.246 e. The molecule has 2 amide bonds. The predicted molar refractivity (Wildman–Crippen MR) is 87.0 cm³/mol. The lowest BCUT2D eigenvalue weighted by Crippen LogP contribution is -2.49. The predicted octanol–water partition coefficient (Wildman–Crippen LogP) is 0.446. The number of ether oxygens (including phenoxy) is 1.